The van der Waals surface area contributed by atoms with Crippen molar-refractivity contribution in [1.82, 2.24) is 0 Å². The van der Waals surface area contributed by atoms with Gasteiger partial charge in [0.25, 0.3) is 50.6 Å². The Kier molecular flexibility index (Phi) is 15.5. The number of carbonyl (C=O) groups is 1. The smallest absolute Gasteiger partial charge is 0.303 e. The molecule has 0 spiro atoms. The molecule has 20 nitrogen and oxygen atoms in total. The van der Waals surface area contributed by atoms with Crippen molar-refractivity contribution in [3.63, 3.8) is 0 Å². The number of rotatable bonds is 21. The zero-order chi connectivity index (χ0) is 52.0. The first-order chi connectivity index (χ1) is 32.4. The van der Waals surface area contributed by atoms with E-state index in [4.69, 9.17) is 4.74 Å². The van der Waals surface area contributed by atoms with Gasteiger partial charge in [-0.25, -0.2) is 0 Å². The van der Waals surface area contributed by atoms with E-state index in [1.54, 1.807) is 49.4 Å². The summed E-state index contributed by atoms with van der Waals surface area (Å²) in [6, 6.07) is 9.50. The Hall–Kier alpha value is -4.93. The number of carboxylic acid groups (broad SMARTS) is 1. The van der Waals surface area contributed by atoms with Gasteiger partial charge in [0.05, 0.1) is 21.0 Å². The van der Waals surface area contributed by atoms with Crippen LogP contribution in [0.5, 0.6) is 0 Å². The highest BCUT2D eigenvalue weighted by Gasteiger charge is 2.49. The molecule has 380 valence electrons. The molecule has 2 aliphatic rings. The Bertz CT molecular complexity index is 3510. The van der Waals surface area contributed by atoms with E-state index in [9.17, 15) is 74.8 Å². The molecule has 4 aromatic carbocycles. The summed E-state index contributed by atoms with van der Waals surface area (Å²) in [5, 5.41) is 9.27. The van der Waals surface area contributed by atoms with Gasteiger partial charge in [-0.15, -0.1) is 0 Å². The number of benzene rings is 4. The van der Waals surface area contributed by atoms with E-state index in [-0.39, 0.29) is 60.4 Å². The number of unbranched alkanes of at least 4 members (excludes halogenated alkanes) is 2. The standard InChI is InChI=1S/C45H52N2O18S5/c1-5-46-35-18-16-31-33(25-29(67(53,54)55)27-37(31)69(59,60)61)42(35)45(3,21-23-65-4)39(46)13-8-6-9-14-40-44(2,20-12-24-66(50,51)52)43-34-26-30(68(56,57)58)28-38(70(62,63)64)32(34)17-19-36(43)47(40)22-11-7-10-15-41(48)49/h6,8-9,13-14,16-19,25-28H,5,7,10-12,15,20-24H2,1-4H3,(H5-,48,49,50,51,52,53,54,55,56,57,58,59,60,61,62,63,64)/p+1. The fraction of sp³-hybridized carbons (Fsp3) is 0.378. The summed E-state index contributed by atoms with van der Waals surface area (Å²) in [6.45, 7) is 6.20. The van der Waals surface area contributed by atoms with Crippen molar-refractivity contribution in [3.8, 4) is 0 Å². The zero-order valence-electron chi connectivity index (χ0n) is 38.3. The minimum atomic E-state index is -5.11. The molecule has 0 saturated carbocycles. The number of likely N-dealkylation sites (N-methyl/N-ethyl adjacent to an activating group) is 1. The van der Waals surface area contributed by atoms with Crippen LogP contribution in [0.1, 0.15) is 76.8 Å². The van der Waals surface area contributed by atoms with Gasteiger partial charge in [0, 0.05) is 78.4 Å². The second kappa shape index (κ2) is 19.9. The lowest BCUT2D eigenvalue weighted by Crippen LogP contribution is -2.32. The van der Waals surface area contributed by atoms with Crippen LogP contribution in [0.2, 0.25) is 0 Å². The van der Waals surface area contributed by atoms with Gasteiger partial charge in [-0.3, -0.25) is 27.6 Å². The number of anilines is 1. The lowest BCUT2D eigenvalue weighted by Gasteiger charge is -2.30. The Morgan fingerprint density at radius 2 is 1.24 bits per heavy atom. The normalized spacial score (nSPS) is 19.7. The molecule has 0 amide bonds. The van der Waals surface area contributed by atoms with Crippen LogP contribution in [0.3, 0.4) is 0 Å². The largest absolute Gasteiger partial charge is 0.481 e. The zero-order valence-corrected chi connectivity index (χ0v) is 42.4. The molecule has 0 aliphatic carbocycles. The minimum absolute atomic E-state index is 0.00456. The number of aliphatic carboxylic acids is 1. The van der Waals surface area contributed by atoms with E-state index in [1.165, 1.54) is 19.2 Å². The van der Waals surface area contributed by atoms with Gasteiger partial charge in [0.15, 0.2) is 5.71 Å². The fourth-order valence-corrected chi connectivity index (χ4v) is 13.0. The molecule has 0 saturated heterocycles. The first-order valence-electron chi connectivity index (χ1n) is 21.6. The third-order valence-corrected chi connectivity index (χ3v) is 17.1. The summed E-state index contributed by atoms with van der Waals surface area (Å²) in [5.41, 5.74) is 0.660. The van der Waals surface area contributed by atoms with Crippen LogP contribution in [0.4, 0.5) is 11.4 Å². The molecule has 6 N–H and O–H groups in total. The topological polar surface area (TPSA) is 325 Å². The molecule has 70 heavy (non-hydrogen) atoms. The Balaban J connectivity index is 1.55. The Labute approximate surface area is 406 Å². The van der Waals surface area contributed by atoms with Gasteiger partial charge < -0.3 is 14.7 Å². The van der Waals surface area contributed by atoms with Gasteiger partial charge in [0.2, 0.25) is 5.69 Å². The average Bonchev–Trinajstić information content (AvgIpc) is 3.63. The second-order valence-corrected chi connectivity index (χ2v) is 24.6. The van der Waals surface area contributed by atoms with Gasteiger partial charge in [-0.2, -0.15) is 46.7 Å². The van der Waals surface area contributed by atoms with Crippen LogP contribution in [0.15, 0.2) is 104 Å². The predicted molar refractivity (Wildman–Crippen MR) is 259 cm³/mol. The average molecular weight is 1070 g/mol. The molecule has 6 rings (SSSR count). The SMILES string of the molecule is CCN1/C(=C/C=C/C=C/C2=[N+](CCCCCC(=O)O)c3ccc4c(S(=O)(=O)O)cc(S(=O)(=O)O)cc4c3C2(C)CCCS(=O)(=O)O)C(C)(CCOC)c2c1ccc1c(S(=O)(=O)O)cc(S(=O)(=O)O)cc21. The summed E-state index contributed by atoms with van der Waals surface area (Å²) in [6.07, 6.45) is 9.71. The molecule has 2 unspecified atom stereocenters. The molecular weight excluding hydrogens is 1020 g/mol. The highest BCUT2D eigenvalue weighted by atomic mass is 32.2. The van der Waals surface area contributed by atoms with Crippen LogP contribution in [-0.4, -0.2) is 119 Å². The van der Waals surface area contributed by atoms with Gasteiger partial charge in [-0.05, 0) is 112 Å². The highest BCUT2D eigenvalue weighted by molar-refractivity contribution is 7.87. The van der Waals surface area contributed by atoms with Crippen molar-refractivity contribution in [1.29, 1.82) is 0 Å². The van der Waals surface area contributed by atoms with Crippen LogP contribution >= 0.6 is 0 Å². The number of ether oxygens (including phenoxy) is 1. The van der Waals surface area contributed by atoms with E-state index in [1.807, 2.05) is 23.3 Å². The van der Waals surface area contributed by atoms with Crippen molar-refractivity contribution in [2.24, 2.45) is 0 Å². The molecule has 0 aromatic heterocycles. The second-order valence-electron chi connectivity index (χ2n) is 17.4. The van der Waals surface area contributed by atoms with E-state index in [0.29, 0.717) is 71.9 Å². The maximum absolute atomic E-state index is 12.7. The van der Waals surface area contributed by atoms with Gasteiger partial charge in [-0.1, -0.05) is 24.3 Å². The number of carboxylic acids is 1. The van der Waals surface area contributed by atoms with Crippen LogP contribution in [0, 0.1) is 0 Å². The third kappa shape index (κ3) is 11.1. The third-order valence-electron chi connectivity index (χ3n) is 12.9. The van der Waals surface area contributed by atoms with Crippen LogP contribution in [0.25, 0.3) is 21.5 Å². The van der Waals surface area contributed by atoms with Crippen molar-refractivity contribution in [2.75, 3.05) is 37.5 Å². The first-order valence-corrected chi connectivity index (χ1v) is 29.0. The molecule has 0 fully saturated rings. The first kappa shape index (κ1) is 54.4. The molecule has 2 atom stereocenters. The summed E-state index contributed by atoms with van der Waals surface area (Å²) < 4.78 is 183. The minimum Gasteiger partial charge on any atom is -0.481 e. The Morgan fingerprint density at radius 1 is 0.671 bits per heavy atom. The molecular formula is C45H53N2O18S5+. The summed E-state index contributed by atoms with van der Waals surface area (Å²) >= 11 is 0. The number of methoxy groups -OCH3 is 1. The summed E-state index contributed by atoms with van der Waals surface area (Å²) in [4.78, 5) is 10.1. The van der Waals surface area contributed by atoms with E-state index < -0.39 is 92.7 Å². The van der Waals surface area contributed by atoms with E-state index in [2.05, 4.69) is 0 Å². The lowest BCUT2D eigenvalue weighted by atomic mass is 9.74. The lowest BCUT2D eigenvalue weighted by molar-refractivity contribution is -0.438. The highest BCUT2D eigenvalue weighted by Crippen LogP contribution is 2.54. The molecule has 2 aliphatic heterocycles. The molecule has 4 aromatic rings. The Morgan fingerprint density at radius 3 is 1.76 bits per heavy atom. The summed E-state index contributed by atoms with van der Waals surface area (Å²) in [7, 11) is -23.2. The maximum Gasteiger partial charge on any atom is 0.303 e. The fourth-order valence-electron chi connectivity index (χ4n) is 9.80. The van der Waals surface area contributed by atoms with Crippen molar-refractivity contribution >= 4 is 95.2 Å². The van der Waals surface area contributed by atoms with Gasteiger partial charge >= 0.3 is 5.97 Å². The number of hydrogen-bond donors (Lipinski definition) is 6. The van der Waals surface area contributed by atoms with E-state index in [0.717, 1.165) is 12.1 Å². The summed E-state index contributed by atoms with van der Waals surface area (Å²) in [5.74, 6) is -1.67. The monoisotopic (exact) mass is 1070 g/mol. The molecule has 0 bridgehead atoms. The maximum atomic E-state index is 12.7. The molecule has 0 radical (unpaired) electrons. The number of hydrogen-bond acceptors (Lipinski definition) is 13. The van der Waals surface area contributed by atoms with Crippen LogP contribution < -0.4 is 4.90 Å². The van der Waals surface area contributed by atoms with E-state index >= 15 is 0 Å². The number of allylic oxidation sites excluding steroid dienone is 6. The quantitative estimate of drug-likeness (QED) is 0.0225. The van der Waals surface area contributed by atoms with Crippen molar-refractivity contribution < 1.29 is 84.1 Å². The molecule has 2 heterocycles. The van der Waals surface area contributed by atoms with Crippen LogP contribution in [-0.2, 0) is 71.0 Å². The van der Waals surface area contributed by atoms with Crippen molar-refractivity contribution in [3.05, 3.63) is 95.7 Å². The molecule has 25 heteroatoms. The number of fused-ring (bicyclic) bond motifs is 6. The number of nitrogens with zero attached hydrogens (tertiary/aromatic N) is 2. The predicted octanol–water partition coefficient (Wildman–Crippen LogP) is 6.48. The van der Waals surface area contributed by atoms with Crippen molar-refractivity contribution in [2.45, 2.75) is 96.1 Å². The van der Waals surface area contributed by atoms with Gasteiger partial charge in [0.1, 0.15) is 16.3 Å².